The third kappa shape index (κ3) is 5.73. The van der Waals surface area contributed by atoms with Gasteiger partial charge in [0.05, 0.1) is 17.2 Å². The van der Waals surface area contributed by atoms with Crippen molar-refractivity contribution in [3.8, 4) is 0 Å². The maximum absolute atomic E-state index is 13.6. The van der Waals surface area contributed by atoms with E-state index in [0.29, 0.717) is 6.54 Å². The van der Waals surface area contributed by atoms with Crippen molar-refractivity contribution in [2.24, 2.45) is 5.92 Å². The van der Waals surface area contributed by atoms with Gasteiger partial charge in [-0.1, -0.05) is 30.3 Å². The van der Waals surface area contributed by atoms with Crippen molar-refractivity contribution in [1.82, 2.24) is 15.1 Å². The second kappa shape index (κ2) is 9.99. The number of piperidine rings is 1. The minimum atomic E-state index is -4.88. The summed E-state index contributed by atoms with van der Waals surface area (Å²) in [5.74, 6) is 0.467. The molecule has 0 N–H and O–H groups in total. The standard InChI is InChI=1S/C27H30F6N3/c28-26(29,30)21-14-20(15-22(16-21)27(31,32)33)25-24(19-4-2-1-3-5-19)23(8-9-34-25)36-12-10-35(11-13-36)17-18-6-7-18/h1-5,14-16,18,23-25H,6-13,17H2. The Morgan fingerprint density at radius 2 is 1.36 bits per heavy atom. The van der Waals surface area contributed by atoms with Crippen LogP contribution >= 0.6 is 0 Å². The summed E-state index contributed by atoms with van der Waals surface area (Å²) in [5.41, 5.74) is -1.71. The van der Waals surface area contributed by atoms with Crippen molar-refractivity contribution in [3.63, 3.8) is 0 Å². The number of alkyl halides is 6. The maximum Gasteiger partial charge on any atom is 0.416 e. The molecule has 5 rings (SSSR count). The Hall–Kier alpha value is -2.10. The quantitative estimate of drug-likeness (QED) is 0.464. The van der Waals surface area contributed by atoms with Gasteiger partial charge in [-0.15, -0.1) is 0 Å². The molecule has 2 saturated heterocycles. The first-order valence-corrected chi connectivity index (χ1v) is 12.6. The van der Waals surface area contributed by atoms with Crippen LogP contribution in [0.4, 0.5) is 26.3 Å². The average Bonchev–Trinajstić information content (AvgIpc) is 3.67. The Bertz CT molecular complexity index is 994. The number of halogens is 6. The summed E-state index contributed by atoms with van der Waals surface area (Å²) in [6, 6.07) is 10.5. The molecule has 1 saturated carbocycles. The molecule has 0 spiro atoms. The lowest BCUT2D eigenvalue weighted by atomic mass is 9.76. The normalized spacial score (nSPS) is 26.8. The van der Waals surface area contributed by atoms with Gasteiger partial charge in [0.1, 0.15) is 0 Å². The minimum Gasteiger partial charge on any atom is -0.301 e. The topological polar surface area (TPSA) is 20.6 Å². The van der Waals surface area contributed by atoms with Crippen LogP contribution in [0.2, 0.25) is 0 Å². The summed E-state index contributed by atoms with van der Waals surface area (Å²) in [6.45, 7) is 5.05. The molecule has 195 valence electrons. The lowest BCUT2D eigenvalue weighted by Gasteiger charge is -2.47. The van der Waals surface area contributed by atoms with Crippen LogP contribution in [0.1, 0.15) is 53.5 Å². The van der Waals surface area contributed by atoms with Gasteiger partial charge in [-0.3, -0.25) is 4.90 Å². The number of hydrogen-bond acceptors (Lipinski definition) is 2. The number of rotatable bonds is 5. The Balaban J connectivity index is 1.48. The van der Waals surface area contributed by atoms with Crippen molar-refractivity contribution in [1.29, 1.82) is 0 Å². The first-order valence-electron chi connectivity index (χ1n) is 12.6. The van der Waals surface area contributed by atoms with Gasteiger partial charge in [0.15, 0.2) is 0 Å². The molecule has 2 aromatic rings. The first-order chi connectivity index (χ1) is 17.1. The van der Waals surface area contributed by atoms with Crippen LogP contribution in [-0.4, -0.2) is 55.1 Å². The zero-order chi connectivity index (χ0) is 25.5. The van der Waals surface area contributed by atoms with Crippen LogP contribution in [0, 0.1) is 5.92 Å². The van der Waals surface area contributed by atoms with Gasteiger partial charge in [-0.2, -0.15) is 26.3 Å². The molecule has 2 aromatic carbocycles. The van der Waals surface area contributed by atoms with Gasteiger partial charge in [-0.05, 0) is 54.5 Å². The van der Waals surface area contributed by atoms with Crippen LogP contribution < -0.4 is 5.32 Å². The van der Waals surface area contributed by atoms with Gasteiger partial charge in [0.25, 0.3) is 0 Å². The summed E-state index contributed by atoms with van der Waals surface area (Å²) in [6.07, 6.45) is -6.46. The average molecular weight is 511 g/mol. The molecule has 1 radical (unpaired) electrons. The molecule has 2 heterocycles. The summed E-state index contributed by atoms with van der Waals surface area (Å²) >= 11 is 0. The molecule has 3 nitrogen and oxygen atoms in total. The highest BCUT2D eigenvalue weighted by Gasteiger charge is 2.43. The number of nitrogens with zero attached hydrogens (tertiary/aromatic N) is 3. The molecular weight excluding hydrogens is 480 g/mol. The van der Waals surface area contributed by atoms with E-state index in [1.54, 1.807) is 0 Å². The highest BCUT2D eigenvalue weighted by molar-refractivity contribution is 5.38. The number of benzene rings is 2. The molecule has 1 aliphatic carbocycles. The summed E-state index contributed by atoms with van der Waals surface area (Å²) in [7, 11) is 0. The van der Waals surface area contributed by atoms with Crippen LogP contribution in [-0.2, 0) is 12.4 Å². The number of piperazine rings is 1. The van der Waals surface area contributed by atoms with E-state index >= 15 is 0 Å². The van der Waals surface area contributed by atoms with Crippen molar-refractivity contribution < 1.29 is 26.3 Å². The Labute approximate surface area is 207 Å². The number of hydrogen-bond donors (Lipinski definition) is 0. The Kier molecular flexibility index (Phi) is 7.09. The van der Waals surface area contributed by atoms with E-state index < -0.39 is 29.5 Å². The fraction of sp³-hybridized carbons (Fsp3) is 0.556. The Morgan fingerprint density at radius 3 is 1.92 bits per heavy atom. The monoisotopic (exact) mass is 510 g/mol. The van der Waals surface area contributed by atoms with Crippen molar-refractivity contribution >= 4 is 0 Å². The van der Waals surface area contributed by atoms with Crippen LogP contribution in [0.3, 0.4) is 0 Å². The summed E-state index contributed by atoms with van der Waals surface area (Å²) < 4.78 is 81.7. The zero-order valence-electron chi connectivity index (χ0n) is 19.9. The molecule has 0 bridgehead atoms. The summed E-state index contributed by atoms with van der Waals surface area (Å²) in [5, 5.41) is 4.64. The zero-order valence-corrected chi connectivity index (χ0v) is 19.9. The van der Waals surface area contributed by atoms with Crippen LogP contribution in [0.25, 0.3) is 0 Å². The van der Waals surface area contributed by atoms with E-state index in [4.69, 9.17) is 0 Å². The molecule has 9 heteroatoms. The SMILES string of the molecule is FC(F)(F)c1cc(C2[N]CCC(N3CCN(CC4CC4)CC3)C2c2ccccc2)cc(C(F)(F)F)c1. The van der Waals surface area contributed by atoms with E-state index in [0.717, 1.165) is 62.8 Å². The van der Waals surface area contributed by atoms with Crippen molar-refractivity contribution in [3.05, 3.63) is 70.8 Å². The first kappa shape index (κ1) is 25.5. The van der Waals surface area contributed by atoms with Crippen LogP contribution in [0.5, 0.6) is 0 Å². The van der Waals surface area contributed by atoms with Gasteiger partial charge in [-0.25, -0.2) is 5.32 Å². The second-order valence-corrected chi connectivity index (χ2v) is 10.3. The third-order valence-electron chi connectivity index (χ3n) is 7.73. The highest BCUT2D eigenvalue weighted by atomic mass is 19.4. The van der Waals surface area contributed by atoms with E-state index in [9.17, 15) is 26.3 Å². The fourth-order valence-electron chi connectivity index (χ4n) is 5.74. The van der Waals surface area contributed by atoms with E-state index in [1.165, 1.54) is 12.8 Å². The third-order valence-corrected chi connectivity index (χ3v) is 7.73. The van der Waals surface area contributed by atoms with Crippen molar-refractivity contribution in [2.75, 3.05) is 39.3 Å². The molecule has 36 heavy (non-hydrogen) atoms. The highest BCUT2D eigenvalue weighted by Crippen LogP contribution is 2.44. The van der Waals surface area contributed by atoms with Gasteiger partial charge < -0.3 is 4.90 Å². The lowest BCUT2D eigenvalue weighted by Crippen LogP contribution is -2.55. The molecule has 3 atom stereocenters. The molecule has 0 aromatic heterocycles. The Morgan fingerprint density at radius 1 is 0.750 bits per heavy atom. The van der Waals surface area contributed by atoms with Gasteiger partial charge >= 0.3 is 12.4 Å². The maximum atomic E-state index is 13.6. The van der Waals surface area contributed by atoms with Crippen molar-refractivity contribution in [2.45, 2.75) is 49.6 Å². The van der Waals surface area contributed by atoms with E-state index in [1.807, 2.05) is 30.3 Å². The second-order valence-electron chi connectivity index (χ2n) is 10.3. The largest absolute Gasteiger partial charge is 0.416 e. The van der Waals surface area contributed by atoms with E-state index in [2.05, 4.69) is 15.1 Å². The molecule has 3 unspecified atom stereocenters. The lowest BCUT2D eigenvalue weighted by molar-refractivity contribution is -0.143. The van der Waals surface area contributed by atoms with Crippen LogP contribution in [0.15, 0.2) is 48.5 Å². The smallest absolute Gasteiger partial charge is 0.301 e. The predicted molar refractivity (Wildman–Crippen MR) is 125 cm³/mol. The molecule has 2 aliphatic heterocycles. The summed E-state index contributed by atoms with van der Waals surface area (Å²) in [4.78, 5) is 4.85. The van der Waals surface area contributed by atoms with E-state index in [-0.39, 0.29) is 23.6 Å². The predicted octanol–water partition coefficient (Wildman–Crippen LogP) is 5.95. The minimum absolute atomic E-state index is 0.0122. The van der Waals surface area contributed by atoms with Gasteiger partial charge in [0, 0.05) is 51.2 Å². The fourth-order valence-corrected chi connectivity index (χ4v) is 5.74. The molecule has 0 amide bonds. The molecule has 3 aliphatic rings. The van der Waals surface area contributed by atoms with Gasteiger partial charge in [0.2, 0.25) is 0 Å². The molecule has 3 fully saturated rings. The molecular formula is C27H30F6N3.